The van der Waals surface area contributed by atoms with Crippen molar-refractivity contribution in [1.82, 2.24) is 4.98 Å². The SMILES string of the molecule is CCOC(=O)c1cc(-c2cccc([N+](=O)[O-])c2)[nH]c1NC(=O)CC#N. The molecule has 25 heavy (non-hydrogen) atoms. The number of nitrogens with one attached hydrogen (secondary N) is 2. The van der Waals surface area contributed by atoms with Gasteiger partial charge in [-0.2, -0.15) is 5.26 Å². The van der Waals surface area contributed by atoms with Crippen molar-refractivity contribution < 1.29 is 19.2 Å². The van der Waals surface area contributed by atoms with Crippen molar-refractivity contribution in [2.75, 3.05) is 11.9 Å². The van der Waals surface area contributed by atoms with Gasteiger partial charge in [-0.05, 0) is 13.0 Å². The Labute approximate surface area is 142 Å². The number of carbonyl (C=O) groups excluding carboxylic acids is 2. The van der Waals surface area contributed by atoms with Crippen molar-refractivity contribution in [3.05, 3.63) is 46.0 Å². The van der Waals surface area contributed by atoms with Crippen LogP contribution in [0.25, 0.3) is 11.3 Å². The Morgan fingerprint density at radius 3 is 2.80 bits per heavy atom. The maximum atomic E-state index is 12.1. The van der Waals surface area contributed by atoms with Crippen LogP contribution in [0, 0.1) is 21.4 Å². The van der Waals surface area contributed by atoms with Gasteiger partial charge in [0.25, 0.3) is 5.69 Å². The third-order valence-electron chi connectivity index (χ3n) is 3.19. The summed E-state index contributed by atoms with van der Waals surface area (Å²) < 4.78 is 4.94. The quantitative estimate of drug-likeness (QED) is 0.470. The van der Waals surface area contributed by atoms with Crippen LogP contribution >= 0.6 is 0 Å². The van der Waals surface area contributed by atoms with E-state index >= 15 is 0 Å². The van der Waals surface area contributed by atoms with Crippen molar-refractivity contribution >= 4 is 23.4 Å². The minimum atomic E-state index is -0.664. The number of carbonyl (C=O) groups is 2. The largest absolute Gasteiger partial charge is 0.462 e. The molecule has 1 amide bonds. The maximum Gasteiger partial charge on any atom is 0.341 e. The van der Waals surface area contributed by atoms with Gasteiger partial charge in [-0.3, -0.25) is 14.9 Å². The molecule has 0 aliphatic rings. The molecule has 0 atom stereocenters. The summed E-state index contributed by atoms with van der Waals surface area (Å²) in [6, 6.07) is 8.93. The Kier molecular flexibility index (Phi) is 5.47. The van der Waals surface area contributed by atoms with Crippen LogP contribution in [-0.4, -0.2) is 28.4 Å². The number of nitrogens with zero attached hydrogens (tertiary/aromatic N) is 2. The molecule has 2 aromatic rings. The average Bonchev–Trinajstić information content (AvgIpc) is 2.99. The van der Waals surface area contributed by atoms with Crippen LogP contribution in [0.4, 0.5) is 11.5 Å². The van der Waals surface area contributed by atoms with E-state index in [1.54, 1.807) is 19.1 Å². The molecule has 9 heteroatoms. The van der Waals surface area contributed by atoms with E-state index in [0.717, 1.165) is 0 Å². The molecule has 2 N–H and O–H groups in total. The first-order valence-electron chi connectivity index (χ1n) is 7.28. The second-order valence-electron chi connectivity index (χ2n) is 4.88. The lowest BCUT2D eigenvalue weighted by molar-refractivity contribution is -0.384. The number of nitro groups is 1. The first-order valence-corrected chi connectivity index (χ1v) is 7.28. The molecule has 0 aliphatic heterocycles. The maximum absolute atomic E-state index is 12.1. The van der Waals surface area contributed by atoms with Gasteiger partial charge < -0.3 is 15.0 Å². The number of nitriles is 1. The van der Waals surface area contributed by atoms with Gasteiger partial charge in [-0.1, -0.05) is 12.1 Å². The molecule has 0 fully saturated rings. The number of nitro benzene ring substituents is 1. The van der Waals surface area contributed by atoms with E-state index in [1.165, 1.54) is 24.3 Å². The number of anilines is 1. The van der Waals surface area contributed by atoms with Crippen LogP contribution in [0.2, 0.25) is 0 Å². The number of H-pyrrole nitrogens is 1. The van der Waals surface area contributed by atoms with E-state index in [1.807, 2.05) is 0 Å². The number of hydrogen-bond acceptors (Lipinski definition) is 6. The molecule has 0 bridgehead atoms. The third kappa shape index (κ3) is 4.20. The zero-order valence-electron chi connectivity index (χ0n) is 13.2. The Morgan fingerprint density at radius 1 is 1.40 bits per heavy atom. The first-order chi connectivity index (χ1) is 12.0. The van der Waals surface area contributed by atoms with Gasteiger partial charge in [-0.15, -0.1) is 0 Å². The number of esters is 1. The van der Waals surface area contributed by atoms with Gasteiger partial charge in [0, 0.05) is 23.4 Å². The fraction of sp³-hybridized carbons (Fsp3) is 0.188. The van der Waals surface area contributed by atoms with Crippen LogP contribution < -0.4 is 5.32 Å². The Morgan fingerprint density at radius 2 is 2.16 bits per heavy atom. The summed E-state index contributed by atoms with van der Waals surface area (Å²) in [6.45, 7) is 1.78. The number of hydrogen-bond donors (Lipinski definition) is 2. The molecule has 2 rings (SSSR count). The zero-order chi connectivity index (χ0) is 18.4. The van der Waals surface area contributed by atoms with E-state index in [9.17, 15) is 19.7 Å². The van der Waals surface area contributed by atoms with Crippen LogP contribution in [0.15, 0.2) is 30.3 Å². The second kappa shape index (κ2) is 7.74. The predicted octanol–water partition coefficient (Wildman–Crippen LogP) is 2.62. The highest BCUT2D eigenvalue weighted by atomic mass is 16.6. The summed E-state index contributed by atoms with van der Waals surface area (Å²) in [5, 5.41) is 21.9. The van der Waals surface area contributed by atoms with Crippen molar-refractivity contribution in [3.8, 4) is 17.3 Å². The number of non-ortho nitro benzene ring substituents is 1. The minimum Gasteiger partial charge on any atom is -0.462 e. The topological polar surface area (TPSA) is 138 Å². The molecule has 0 spiro atoms. The smallest absolute Gasteiger partial charge is 0.341 e. The lowest BCUT2D eigenvalue weighted by Gasteiger charge is -2.04. The molecular weight excluding hydrogens is 328 g/mol. The zero-order valence-corrected chi connectivity index (χ0v) is 13.2. The van der Waals surface area contributed by atoms with Crippen LogP contribution in [0.3, 0.4) is 0 Å². The number of aromatic nitrogens is 1. The number of amides is 1. The molecule has 0 saturated heterocycles. The summed E-state index contributed by atoms with van der Waals surface area (Å²) in [4.78, 5) is 36.9. The van der Waals surface area contributed by atoms with Gasteiger partial charge in [-0.25, -0.2) is 4.79 Å². The van der Waals surface area contributed by atoms with Gasteiger partial charge in [0.05, 0.1) is 17.6 Å². The fourth-order valence-corrected chi connectivity index (χ4v) is 2.12. The third-order valence-corrected chi connectivity index (χ3v) is 3.19. The molecule has 1 aromatic heterocycles. The van der Waals surface area contributed by atoms with E-state index in [0.29, 0.717) is 11.3 Å². The first kappa shape index (κ1) is 17.7. The van der Waals surface area contributed by atoms with E-state index in [-0.39, 0.29) is 30.1 Å². The summed E-state index contributed by atoms with van der Waals surface area (Å²) in [5.41, 5.74) is 0.800. The van der Waals surface area contributed by atoms with E-state index in [2.05, 4.69) is 10.3 Å². The summed E-state index contributed by atoms with van der Waals surface area (Å²) in [6.07, 6.45) is -0.382. The van der Waals surface area contributed by atoms with Gasteiger partial charge in [0.15, 0.2) is 0 Å². The molecule has 9 nitrogen and oxygen atoms in total. The van der Waals surface area contributed by atoms with Crippen molar-refractivity contribution in [2.24, 2.45) is 0 Å². The fourth-order valence-electron chi connectivity index (χ4n) is 2.12. The van der Waals surface area contributed by atoms with E-state index in [4.69, 9.17) is 10.00 Å². The van der Waals surface area contributed by atoms with Crippen molar-refractivity contribution in [2.45, 2.75) is 13.3 Å². The highest BCUT2D eigenvalue weighted by Crippen LogP contribution is 2.28. The molecule has 0 aliphatic carbocycles. The Hall–Kier alpha value is -3.67. The van der Waals surface area contributed by atoms with Crippen LogP contribution in [0.1, 0.15) is 23.7 Å². The van der Waals surface area contributed by atoms with Gasteiger partial charge >= 0.3 is 5.97 Å². The number of rotatable bonds is 6. The van der Waals surface area contributed by atoms with Gasteiger partial charge in [0.1, 0.15) is 17.8 Å². The van der Waals surface area contributed by atoms with Crippen LogP contribution in [0.5, 0.6) is 0 Å². The lowest BCUT2D eigenvalue weighted by atomic mass is 10.1. The van der Waals surface area contributed by atoms with Crippen molar-refractivity contribution in [3.63, 3.8) is 0 Å². The summed E-state index contributed by atoms with van der Waals surface area (Å²) in [5.74, 6) is -1.19. The molecule has 128 valence electrons. The standard InChI is InChI=1S/C16H14N4O5/c1-2-25-16(22)12-9-13(18-15(12)19-14(21)6-7-17)10-4-3-5-11(8-10)20(23)24/h3-5,8-9,18H,2,6H2,1H3,(H,19,21). The Balaban J connectivity index is 2.44. The number of aromatic amines is 1. The minimum absolute atomic E-state index is 0.0645. The van der Waals surface area contributed by atoms with Crippen LogP contribution in [-0.2, 0) is 9.53 Å². The highest BCUT2D eigenvalue weighted by molar-refractivity contribution is 6.02. The molecule has 0 unspecified atom stereocenters. The molecule has 1 heterocycles. The summed E-state index contributed by atoms with van der Waals surface area (Å²) >= 11 is 0. The molecule has 0 radical (unpaired) electrons. The van der Waals surface area contributed by atoms with Crippen molar-refractivity contribution in [1.29, 1.82) is 5.26 Å². The Bertz CT molecular complexity index is 866. The monoisotopic (exact) mass is 342 g/mol. The summed E-state index contributed by atoms with van der Waals surface area (Å²) in [7, 11) is 0. The second-order valence-corrected chi connectivity index (χ2v) is 4.88. The molecule has 0 saturated carbocycles. The number of ether oxygens (including phenoxy) is 1. The molecule has 1 aromatic carbocycles. The average molecular weight is 342 g/mol. The van der Waals surface area contributed by atoms with E-state index < -0.39 is 16.8 Å². The lowest BCUT2D eigenvalue weighted by Crippen LogP contribution is -2.14. The number of benzene rings is 1. The highest BCUT2D eigenvalue weighted by Gasteiger charge is 2.20. The predicted molar refractivity (Wildman–Crippen MR) is 87.7 cm³/mol. The normalized spacial score (nSPS) is 9.92. The van der Waals surface area contributed by atoms with Gasteiger partial charge in [0.2, 0.25) is 5.91 Å². The molecular formula is C16H14N4O5.